The first kappa shape index (κ1) is 16.3. The molecule has 0 fully saturated rings. The Morgan fingerprint density at radius 3 is 2.35 bits per heavy atom. The van der Waals surface area contributed by atoms with Gasteiger partial charge in [-0.2, -0.15) is 0 Å². The molecule has 0 saturated carbocycles. The molecule has 2 atom stereocenters. The van der Waals surface area contributed by atoms with E-state index in [0.717, 1.165) is 12.1 Å². The molecule has 1 rings (SSSR count). The van der Waals surface area contributed by atoms with Crippen LogP contribution in [0.4, 0.5) is 4.39 Å². The van der Waals surface area contributed by atoms with E-state index in [1.54, 1.807) is 0 Å². The lowest BCUT2D eigenvalue weighted by atomic mass is 10.1. The van der Waals surface area contributed by atoms with Crippen molar-refractivity contribution in [2.45, 2.75) is 12.8 Å². The van der Waals surface area contributed by atoms with Crippen molar-refractivity contribution >= 4 is 24.6 Å². The summed E-state index contributed by atoms with van der Waals surface area (Å²) in [5, 5.41) is 17.0. The van der Waals surface area contributed by atoms with Crippen LogP contribution in [0.15, 0.2) is 24.3 Å². The molecule has 0 spiro atoms. The zero-order valence-electron chi connectivity index (χ0n) is 10.4. The Hall–Kier alpha value is -1.72. The molecule has 0 aliphatic rings. The van der Waals surface area contributed by atoms with Crippen molar-refractivity contribution in [3.8, 4) is 0 Å². The maximum absolute atomic E-state index is 13.5. The largest absolute Gasteiger partial charge is 0.481 e. The molecular formula is C12H14FO6P. The van der Waals surface area contributed by atoms with E-state index in [1.165, 1.54) is 12.1 Å². The summed E-state index contributed by atoms with van der Waals surface area (Å²) < 4.78 is 25.6. The van der Waals surface area contributed by atoms with E-state index in [2.05, 4.69) is 0 Å². The fourth-order valence-electron chi connectivity index (χ4n) is 1.72. The molecule has 0 aliphatic carbocycles. The molecule has 0 amide bonds. The Morgan fingerprint density at radius 2 is 1.85 bits per heavy atom. The quantitative estimate of drug-likeness (QED) is 0.654. The summed E-state index contributed by atoms with van der Waals surface area (Å²) >= 11 is 0. The fourth-order valence-corrected chi connectivity index (χ4v) is 3.58. The SMILES string of the molecule is O=C(O)CCC(CP(=O)(O)c1ccccc1F)C(=O)O. The number of benzene rings is 1. The number of carboxylic acids is 2. The number of hydrogen-bond acceptors (Lipinski definition) is 3. The van der Waals surface area contributed by atoms with Gasteiger partial charge in [0.25, 0.3) is 0 Å². The molecule has 110 valence electrons. The Morgan fingerprint density at radius 1 is 1.25 bits per heavy atom. The molecule has 0 saturated heterocycles. The van der Waals surface area contributed by atoms with Gasteiger partial charge in [0.2, 0.25) is 7.37 Å². The summed E-state index contributed by atoms with van der Waals surface area (Å²) in [5.41, 5.74) is 0. The highest BCUT2D eigenvalue weighted by molar-refractivity contribution is 7.66. The van der Waals surface area contributed by atoms with Crippen molar-refractivity contribution in [3.05, 3.63) is 30.1 Å². The van der Waals surface area contributed by atoms with Gasteiger partial charge in [0, 0.05) is 12.6 Å². The third-order valence-corrected chi connectivity index (χ3v) is 4.80. The molecular weight excluding hydrogens is 290 g/mol. The second-order valence-electron chi connectivity index (χ2n) is 4.30. The number of aliphatic carboxylic acids is 2. The number of halogens is 1. The van der Waals surface area contributed by atoms with Crippen molar-refractivity contribution in [1.29, 1.82) is 0 Å². The molecule has 0 bridgehead atoms. The molecule has 0 aliphatic heterocycles. The van der Waals surface area contributed by atoms with Crippen LogP contribution in [0.2, 0.25) is 0 Å². The zero-order chi connectivity index (χ0) is 15.3. The highest BCUT2D eigenvalue weighted by Crippen LogP contribution is 2.43. The van der Waals surface area contributed by atoms with Gasteiger partial charge in [-0.3, -0.25) is 14.2 Å². The molecule has 1 aromatic carbocycles. The standard InChI is InChI=1S/C12H14FO6P/c13-9-3-1-2-4-10(9)20(18,19)7-8(12(16)17)5-6-11(14)15/h1-4,8H,5-7H2,(H,14,15)(H,16,17)(H,18,19). The Kier molecular flexibility index (Phi) is 5.42. The van der Waals surface area contributed by atoms with Crippen LogP contribution in [0.3, 0.4) is 0 Å². The third-order valence-electron chi connectivity index (χ3n) is 2.75. The molecule has 6 nitrogen and oxygen atoms in total. The molecule has 2 unspecified atom stereocenters. The van der Waals surface area contributed by atoms with Crippen molar-refractivity contribution in [3.63, 3.8) is 0 Å². The van der Waals surface area contributed by atoms with Crippen molar-refractivity contribution in [2.24, 2.45) is 5.92 Å². The van der Waals surface area contributed by atoms with E-state index in [1.807, 2.05) is 0 Å². The van der Waals surface area contributed by atoms with E-state index in [0.29, 0.717) is 0 Å². The molecule has 0 radical (unpaired) electrons. The van der Waals surface area contributed by atoms with Gasteiger partial charge in [0.05, 0.1) is 11.2 Å². The molecule has 0 aromatic heterocycles. The van der Waals surface area contributed by atoms with Crippen LogP contribution < -0.4 is 5.30 Å². The number of carboxylic acid groups (broad SMARTS) is 2. The van der Waals surface area contributed by atoms with Gasteiger partial charge in [-0.1, -0.05) is 12.1 Å². The Labute approximate surface area is 114 Å². The number of hydrogen-bond donors (Lipinski definition) is 3. The van der Waals surface area contributed by atoms with Gasteiger partial charge < -0.3 is 15.1 Å². The predicted octanol–water partition coefficient (Wildman–Crippen LogP) is 1.29. The minimum atomic E-state index is -4.20. The lowest BCUT2D eigenvalue weighted by Crippen LogP contribution is -2.23. The van der Waals surface area contributed by atoms with Crippen LogP contribution >= 0.6 is 7.37 Å². The van der Waals surface area contributed by atoms with Crippen LogP contribution in [0.5, 0.6) is 0 Å². The molecule has 8 heteroatoms. The van der Waals surface area contributed by atoms with E-state index >= 15 is 0 Å². The van der Waals surface area contributed by atoms with Gasteiger partial charge in [0.15, 0.2) is 0 Å². The van der Waals surface area contributed by atoms with Crippen LogP contribution in [0.25, 0.3) is 0 Å². The highest BCUT2D eigenvalue weighted by atomic mass is 31.2. The topological polar surface area (TPSA) is 112 Å². The second-order valence-corrected chi connectivity index (χ2v) is 6.55. The van der Waals surface area contributed by atoms with E-state index in [9.17, 15) is 23.4 Å². The van der Waals surface area contributed by atoms with Crippen molar-refractivity contribution in [1.82, 2.24) is 0 Å². The molecule has 1 aromatic rings. The molecule has 3 N–H and O–H groups in total. The first-order valence-electron chi connectivity index (χ1n) is 5.75. The smallest absolute Gasteiger partial charge is 0.307 e. The first-order valence-corrected chi connectivity index (χ1v) is 7.60. The Balaban J connectivity index is 2.92. The highest BCUT2D eigenvalue weighted by Gasteiger charge is 2.32. The Bertz CT molecular complexity index is 559. The van der Waals surface area contributed by atoms with Gasteiger partial charge >= 0.3 is 11.9 Å². The summed E-state index contributed by atoms with van der Waals surface area (Å²) in [5.74, 6) is -4.78. The second kappa shape index (κ2) is 6.63. The normalized spacial score (nSPS) is 15.3. The zero-order valence-corrected chi connectivity index (χ0v) is 11.3. The fraction of sp³-hybridized carbons (Fsp3) is 0.333. The minimum Gasteiger partial charge on any atom is -0.481 e. The summed E-state index contributed by atoms with van der Waals surface area (Å²) in [7, 11) is -4.20. The van der Waals surface area contributed by atoms with E-state index in [-0.39, 0.29) is 6.42 Å². The summed E-state index contributed by atoms with van der Waals surface area (Å²) in [6.07, 6.45) is -1.42. The van der Waals surface area contributed by atoms with Crippen LogP contribution in [0, 0.1) is 11.7 Å². The lowest BCUT2D eigenvalue weighted by Gasteiger charge is -2.17. The molecule has 0 heterocycles. The summed E-state index contributed by atoms with van der Waals surface area (Å²) in [6, 6.07) is 4.84. The number of rotatable bonds is 7. The monoisotopic (exact) mass is 304 g/mol. The first-order chi connectivity index (χ1) is 9.24. The average molecular weight is 304 g/mol. The van der Waals surface area contributed by atoms with Crippen LogP contribution in [0.1, 0.15) is 12.8 Å². The number of carbonyl (C=O) groups is 2. The van der Waals surface area contributed by atoms with Gasteiger partial charge in [0.1, 0.15) is 5.82 Å². The predicted molar refractivity (Wildman–Crippen MR) is 68.7 cm³/mol. The van der Waals surface area contributed by atoms with E-state index in [4.69, 9.17) is 10.2 Å². The van der Waals surface area contributed by atoms with Crippen LogP contribution in [-0.2, 0) is 14.2 Å². The lowest BCUT2D eigenvalue weighted by molar-refractivity contribution is -0.142. The minimum absolute atomic E-state index is 0.288. The van der Waals surface area contributed by atoms with Crippen molar-refractivity contribution < 1.29 is 33.7 Å². The molecule has 20 heavy (non-hydrogen) atoms. The van der Waals surface area contributed by atoms with Gasteiger partial charge in [-0.05, 0) is 18.6 Å². The van der Waals surface area contributed by atoms with Gasteiger partial charge in [-0.25, -0.2) is 4.39 Å². The average Bonchev–Trinajstić information content (AvgIpc) is 2.34. The third kappa shape index (κ3) is 4.43. The van der Waals surface area contributed by atoms with Crippen molar-refractivity contribution in [2.75, 3.05) is 6.16 Å². The van der Waals surface area contributed by atoms with Gasteiger partial charge in [-0.15, -0.1) is 0 Å². The summed E-state index contributed by atoms with van der Waals surface area (Å²) in [6.45, 7) is 0. The van der Waals surface area contributed by atoms with E-state index < -0.39 is 48.9 Å². The maximum atomic E-state index is 13.5. The van der Waals surface area contributed by atoms with Crippen LogP contribution in [-0.4, -0.2) is 33.2 Å². The maximum Gasteiger partial charge on any atom is 0.307 e. The summed E-state index contributed by atoms with van der Waals surface area (Å²) in [4.78, 5) is 31.3.